The quantitative estimate of drug-likeness (QED) is 0.319. The number of alkyl halides is 2. The summed E-state index contributed by atoms with van der Waals surface area (Å²) in [6, 6.07) is 0. The van der Waals surface area contributed by atoms with E-state index < -0.39 is 21.8 Å². The first-order valence-corrected chi connectivity index (χ1v) is 12.4. The predicted molar refractivity (Wildman–Crippen MR) is 94.5 cm³/mol. The van der Waals surface area contributed by atoms with Crippen molar-refractivity contribution in [3.05, 3.63) is 0 Å². The number of thiol groups is 1. The Morgan fingerprint density at radius 1 is 0.960 bits per heavy atom. The van der Waals surface area contributed by atoms with Crippen LogP contribution in [0.2, 0.25) is 0 Å². The molecule has 1 heterocycles. The van der Waals surface area contributed by atoms with Crippen LogP contribution in [0, 0.1) is 41.4 Å². The van der Waals surface area contributed by atoms with Crippen LogP contribution in [0.4, 0.5) is 8.78 Å². The van der Waals surface area contributed by atoms with Gasteiger partial charge in [-0.3, -0.25) is 0 Å². The maximum absolute atomic E-state index is 13.5. The van der Waals surface area contributed by atoms with Gasteiger partial charge in [-0.25, -0.2) is 8.42 Å². The first-order chi connectivity index (χ1) is 11.8. The van der Waals surface area contributed by atoms with Crippen molar-refractivity contribution >= 4 is 21.9 Å². The van der Waals surface area contributed by atoms with Crippen LogP contribution in [0.25, 0.3) is 0 Å². The number of hydrogen-bond donors (Lipinski definition) is 0. The van der Waals surface area contributed by atoms with Gasteiger partial charge in [-0.05, 0) is 98.1 Å². The normalized spacial score (nSPS) is 44.7. The molecular weight excluding hydrogens is 366 g/mol. The molecule has 0 spiro atoms. The highest BCUT2D eigenvalue weighted by Gasteiger charge is 2.63. The monoisotopic (exact) mass is 394 g/mol. The smallest absolute Gasteiger partial charge is 0.334 e. The summed E-state index contributed by atoms with van der Waals surface area (Å²) in [5.74, 6) is 6.17. The molecule has 0 N–H and O–H groups in total. The van der Waals surface area contributed by atoms with Crippen molar-refractivity contribution in [3.8, 4) is 0 Å². The van der Waals surface area contributed by atoms with Gasteiger partial charge in [0.25, 0.3) is 0 Å². The second-order valence-electron chi connectivity index (χ2n) is 8.82. The minimum atomic E-state index is -5.52. The SMILES string of the molecule is C1CC[SH+]C1.O=S(=O)([O-])C(F)(F)CC1CC2CC1C1C3CCC(C3)C21. The van der Waals surface area contributed by atoms with Gasteiger partial charge in [0.2, 0.25) is 0 Å². The first kappa shape index (κ1) is 18.5. The van der Waals surface area contributed by atoms with Crippen LogP contribution in [0.3, 0.4) is 0 Å². The van der Waals surface area contributed by atoms with Crippen LogP contribution in [0.15, 0.2) is 0 Å². The molecule has 7 unspecified atom stereocenters. The lowest BCUT2D eigenvalue weighted by Gasteiger charge is -2.39. The molecule has 5 rings (SSSR count). The topological polar surface area (TPSA) is 57.2 Å². The van der Waals surface area contributed by atoms with E-state index in [1.165, 1.54) is 43.6 Å². The third-order valence-corrected chi connectivity index (χ3v) is 9.78. The highest BCUT2D eigenvalue weighted by Crippen LogP contribution is 2.69. The Kier molecular flexibility index (Phi) is 4.90. The zero-order valence-electron chi connectivity index (χ0n) is 14.4. The van der Waals surface area contributed by atoms with Crippen LogP contribution in [-0.4, -0.2) is 29.7 Å². The van der Waals surface area contributed by atoms with E-state index in [1.807, 2.05) is 0 Å². The molecule has 7 heteroatoms. The van der Waals surface area contributed by atoms with E-state index in [0.29, 0.717) is 30.1 Å². The van der Waals surface area contributed by atoms with Crippen molar-refractivity contribution in [2.45, 2.75) is 56.6 Å². The Bertz CT molecular complexity index is 598. The Labute approximate surface area is 153 Å². The van der Waals surface area contributed by atoms with Crippen molar-refractivity contribution in [3.63, 3.8) is 0 Å². The molecule has 5 fully saturated rings. The van der Waals surface area contributed by atoms with E-state index in [-0.39, 0.29) is 11.8 Å². The molecule has 0 amide bonds. The van der Waals surface area contributed by atoms with Crippen molar-refractivity contribution < 1.29 is 21.8 Å². The van der Waals surface area contributed by atoms with Gasteiger partial charge in [-0.2, -0.15) is 8.78 Å². The molecule has 7 atom stereocenters. The molecule has 4 saturated carbocycles. The standard InChI is InChI=1S/C14H20F2O3S.C4H8S/c15-14(16,20(17,18)19)6-10-4-9-5-11(10)13-8-2-1-7(3-8)12(9)13;1-2-4-5-3-1/h7-13H,1-6H2,(H,17,18,19);1-4H2. The van der Waals surface area contributed by atoms with Crippen LogP contribution in [-0.2, 0) is 21.9 Å². The summed E-state index contributed by atoms with van der Waals surface area (Å²) < 4.78 is 59.2. The lowest BCUT2D eigenvalue weighted by molar-refractivity contribution is 0.0178. The molecule has 1 aliphatic heterocycles. The molecule has 5 aliphatic rings. The van der Waals surface area contributed by atoms with Gasteiger partial charge < -0.3 is 4.55 Å². The van der Waals surface area contributed by atoms with Gasteiger partial charge in [0.1, 0.15) is 11.5 Å². The van der Waals surface area contributed by atoms with Gasteiger partial charge >= 0.3 is 5.25 Å². The van der Waals surface area contributed by atoms with E-state index in [4.69, 9.17) is 0 Å². The van der Waals surface area contributed by atoms with E-state index >= 15 is 0 Å². The van der Waals surface area contributed by atoms with E-state index in [0.717, 1.165) is 12.3 Å². The summed E-state index contributed by atoms with van der Waals surface area (Å²) in [4.78, 5) is 0. The molecule has 25 heavy (non-hydrogen) atoms. The first-order valence-electron chi connectivity index (χ1n) is 9.74. The fourth-order valence-electron chi connectivity index (χ4n) is 6.90. The summed E-state index contributed by atoms with van der Waals surface area (Å²) in [6.45, 7) is 0. The van der Waals surface area contributed by atoms with Crippen molar-refractivity contribution in [1.29, 1.82) is 0 Å². The molecule has 0 aromatic carbocycles. The minimum Gasteiger partial charge on any atom is -0.743 e. The Morgan fingerprint density at radius 2 is 1.60 bits per heavy atom. The molecule has 144 valence electrons. The van der Waals surface area contributed by atoms with Gasteiger partial charge in [0.15, 0.2) is 10.1 Å². The second kappa shape index (κ2) is 6.62. The summed E-state index contributed by atoms with van der Waals surface area (Å²) in [7, 11) is -5.52. The molecule has 4 aliphatic carbocycles. The predicted octanol–water partition coefficient (Wildman–Crippen LogP) is 3.43. The largest absolute Gasteiger partial charge is 0.743 e. The molecule has 0 aromatic rings. The third kappa shape index (κ3) is 3.27. The average molecular weight is 395 g/mol. The minimum absolute atomic E-state index is 0.243. The fourth-order valence-corrected chi connectivity index (χ4v) is 8.44. The van der Waals surface area contributed by atoms with Crippen LogP contribution in [0.5, 0.6) is 0 Å². The summed E-state index contributed by atoms with van der Waals surface area (Å²) >= 11 is 1.69. The Balaban J connectivity index is 0.000000272. The number of fused-ring (bicyclic) bond motifs is 9. The van der Waals surface area contributed by atoms with Gasteiger partial charge in [0.05, 0.1) is 0 Å². The van der Waals surface area contributed by atoms with Gasteiger partial charge in [-0.15, -0.1) is 0 Å². The average Bonchev–Trinajstić information content (AvgIpc) is 3.30. The van der Waals surface area contributed by atoms with Crippen LogP contribution < -0.4 is 0 Å². The third-order valence-electron chi connectivity index (χ3n) is 7.62. The fraction of sp³-hybridized carbons (Fsp3) is 1.00. The zero-order chi connectivity index (χ0) is 17.8. The van der Waals surface area contributed by atoms with E-state index in [1.54, 1.807) is 11.8 Å². The number of halogens is 2. The van der Waals surface area contributed by atoms with Crippen LogP contribution in [0.1, 0.15) is 51.4 Å². The maximum atomic E-state index is 13.5. The van der Waals surface area contributed by atoms with Crippen molar-refractivity contribution in [2.24, 2.45) is 41.4 Å². The number of hydrogen-bond acceptors (Lipinski definition) is 3. The molecule has 0 aromatic heterocycles. The molecular formula is C18H28F2O3S2. The second-order valence-corrected chi connectivity index (χ2v) is 11.7. The highest BCUT2D eigenvalue weighted by atomic mass is 32.2. The number of rotatable bonds is 3. The van der Waals surface area contributed by atoms with Crippen molar-refractivity contribution in [2.75, 3.05) is 11.5 Å². The van der Waals surface area contributed by atoms with Crippen molar-refractivity contribution in [1.82, 2.24) is 0 Å². The molecule has 4 bridgehead atoms. The van der Waals surface area contributed by atoms with Gasteiger partial charge in [-0.1, -0.05) is 0 Å². The van der Waals surface area contributed by atoms with E-state index in [2.05, 4.69) is 0 Å². The van der Waals surface area contributed by atoms with Crippen LogP contribution >= 0.6 is 0 Å². The molecule has 3 nitrogen and oxygen atoms in total. The lowest BCUT2D eigenvalue weighted by Crippen LogP contribution is -2.37. The Morgan fingerprint density at radius 3 is 2.16 bits per heavy atom. The summed E-state index contributed by atoms with van der Waals surface area (Å²) in [5, 5.41) is -4.09. The molecule has 0 radical (unpaired) electrons. The Hall–Kier alpha value is 0.120. The lowest BCUT2D eigenvalue weighted by atomic mass is 9.67. The maximum Gasteiger partial charge on any atom is 0.334 e. The summed E-state index contributed by atoms with van der Waals surface area (Å²) in [6.07, 6.45) is 7.69. The zero-order valence-corrected chi connectivity index (χ0v) is 16.2. The van der Waals surface area contributed by atoms with E-state index in [9.17, 15) is 21.8 Å². The highest BCUT2D eigenvalue weighted by molar-refractivity contribution is 7.86. The van der Waals surface area contributed by atoms with Gasteiger partial charge in [0, 0.05) is 6.42 Å². The molecule has 1 saturated heterocycles. The summed E-state index contributed by atoms with van der Waals surface area (Å²) in [5.41, 5.74) is 0.